The van der Waals surface area contributed by atoms with Gasteiger partial charge in [0.25, 0.3) is 0 Å². The third-order valence-corrected chi connectivity index (χ3v) is 3.80. The van der Waals surface area contributed by atoms with Crippen molar-refractivity contribution in [2.24, 2.45) is 0 Å². The Labute approximate surface area is 109 Å². The highest BCUT2D eigenvalue weighted by Gasteiger charge is 2.02. The summed E-state index contributed by atoms with van der Waals surface area (Å²) in [7, 11) is 0. The van der Waals surface area contributed by atoms with E-state index in [1.165, 1.54) is 9.75 Å². The van der Waals surface area contributed by atoms with Gasteiger partial charge in [0, 0.05) is 21.7 Å². The Morgan fingerprint density at radius 2 is 2.06 bits per heavy atom. The van der Waals surface area contributed by atoms with E-state index in [1.54, 1.807) is 6.20 Å². The molecular weight excluding hydrogens is 242 g/mol. The molecule has 1 N–H and O–H groups in total. The zero-order valence-corrected chi connectivity index (χ0v) is 10.9. The maximum Gasteiger partial charge on any atom is 0.0950 e. The first-order valence-corrected chi connectivity index (χ1v) is 6.64. The second-order valence-electron chi connectivity index (χ2n) is 4.14. The van der Waals surface area contributed by atoms with Crippen LogP contribution in [-0.4, -0.2) is 10.2 Å². The van der Waals surface area contributed by atoms with E-state index in [1.807, 2.05) is 29.5 Å². The summed E-state index contributed by atoms with van der Waals surface area (Å²) in [6.07, 6.45) is 1.78. The summed E-state index contributed by atoms with van der Waals surface area (Å²) in [6.45, 7) is 2.95. The van der Waals surface area contributed by atoms with Crippen molar-refractivity contribution in [3.8, 4) is 0 Å². The summed E-state index contributed by atoms with van der Waals surface area (Å²) in [6, 6.07) is 12.3. The Kier molecular flexibility index (Phi) is 2.94. The zero-order valence-electron chi connectivity index (χ0n) is 10.1. The molecule has 3 rings (SSSR count). The fraction of sp³-hybridized carbons (Fsp3) is 0.143. The third kappa shape index (κ3) is 2.19. The lowest BCUT2D eigenvalue weighted by atomic mass is 10.2. The third-order valence-electron chi connectivity index (χ3n) is 2.80. The quantitative estimate of drug-likeness (QED) is 0.777. The predicted octanol–water partition coefficient (Wildman–Crippen LogP) is 3.61. The van der Waals surface area contributed by atoms with Crippen molar-refractivity contribution in [2.75, 3.05) is 5.32 Å². The topological polar surface area (TPSA) is 37.8 Å². The molecule has 0 saturated heterocycles. The van der Waals surface area contributed by atoms with Crippen LogP contribution in [0.1, 0.15) is 9.75 Å². The van der Waals surface area contributed by atoms with E-state index in [9.17, 15) is 0 Å². The van der Waals surface area contributed by atoms with E-state index in [4.69, 9.17) is 0 Å². The van der Waals surface area contributed by atoms with E-state index in [0.717, 1.165) is 23.1 Å². The Morgan fingerprint density at radius 3 is 2.89 bits per heavy atom. The van der Waals surface area contributed by atoms with E-state index < -0.39 is 0 Å². The number of nitrogens with one attached hydrogen (secondary N) is 1. The summed E-state index contributed by atoms with van der Waals surface area (Å²) in [5.74, 6) is 0. The van der Waals surface area contributed by atoms with Crippen LogP contribution in [0, 0.1) is 6.92 Å². The normalized spacial score (nSPS) is 10.7. The highest BCUT2D eigenvalue weighted by Crippen LogP contribution is 2.22. The van der Waals surface area contributed by atoms with Gasteiger partial charge in [-0.15, -0.1) is 11.3 Å². The molecule has 0 spiro atoms. The average Bonchev–Trinajstić information content (AvgIpc) is 2.82. The maximum atomic E-state index is 4.11. The standard InChI is InChI=1S/C14H13N3S/c1-10-6-7-11(18-10)8-15-14-9-16-17-13-5-3-2-4-12(13)14/h2-7,9H,8H2,1H3,(H,15,17). The van der Waals surface area contributed by atoms with Crippen molar-refractivity contribution in [1.82, 2.24) is 10.2 Å². The molecule has 18 heavy (non-hydrogen) atoms. The number of thiophene rings is 1. The van der Waals surface area contributed by atoms with Crippen LogP contribution in [0.25, 0.3) is 10.9 Å². The molecule has 0 saturated carbocycles. The average molecular weight is 255 g/mol. The highest BCUT2D eigenvalue weighted by molar-refractivity contribution is 7.11. The van der Waals surface area contributed by atoms with E-state index in [0.29, 0.717) is 0 Å². The molecule has 0 bridgehead atoms. The Hall–Kier alpha value is -1.94. The SMILES string of the molecule is Cc1ccc(CNc2cnnc3ccccc23)s1. The Morgan fingerprint density at radius 1 is 1.17 bits per heavy atom. The highest BCUT2D eigenvalue weighted by atomic mass is 32.1. The number of rotatable bonds is 3. The minimum Gasteiger partial charge on any atom is -0.378 e. The van der Waals surface area contributed by atoms with Gasteiger partial charge in [-0.3, -0.25) is 0 Å². The minimum absolute atomic E-state index is 0.828. The molecule has 0 unspecified atom stereocenters. The van der Waals surface area contributed by atoms with Crippen molar-refractivity contribution in [2.45, 2.75) is 13.5 Å². The summed E-state index contributed by atoms with van der Waals surface area (Å²) in [5.41, 5.74) is 1.96. The maximum absolute atomic E-state index is 4.11. The van der Waals surface area contributed by atoms with Gasteiger partial charge in [-0.2, -0.15) is 10.2 Å². The molecular formula is C14H13N3S. The van der Waals surface area contributed by atoms with Gasteiger partial charge in [-0.05, 0) is 25.1 Å². The number of fused-ring (bicyclic) bond motifs is 1. The van der Waals surface area contributed by atoms with Crippen molar-refractivity contribution in [1.29, 1.82) is 0 Å². The van der Waals surface area contributed by atoms with Crippen LogP contribution >= 0.6 is 11.3 Å². The predicted molar refractivity (Wildman–Crippen MR) is 75.9 cm³/mol. The summed E-state index contributed by atoms with van der Waals surface area (Å²) >= 11 is 1.81. The molecule has 0 fully saturated rings. The van der Waals surface area contributed by atoms with Gasteiger partial charge in [0.05, 0.1) is 17.4 Å². The van der Waals surface area contributed by atoms with Crippen molar-refractivity contribution in [3.05, 3.63) is 52.3 Å². The number of hydrogen-bond donors (Lipinski definition) is 1. The fourth-order valence-corrected chi connectivity index (χ4v) is 2.74. The summed E-state index contributed by atoms with van der Waals surface area (Å²) in [5, 5.41) is 12.7. The lowest BCUT2D eigenvalue weighted by Gasteiger charge is -2.07. The van der Waals surface area contributed by atoms with Crippen molar-refractivity contribution in [3.63, 3.8) is 0 Å². The smallest absolute Gasteiger partial charge is 0.0950 e. The minimum atomic E-state index is 0.828. The van der Waals surface area contributed by atoms with Crippen LogP contribution in [0.5, 0.6) is 0 Å². The molecule has 3 aromatic rings. The summed E-state index contributed by atoms with van der Waals surface area (Å²) in [4.78, 5) is 2.66. The van der Waals surface area contributed by atoms with Crippen LogP contribution in [0.4, 0.5) is 5.69 Å². The second-order valence-corrected chi connectivity index (χ2v) is 5.51. The molecule has 0 amide bonds. The van der Waals surface area contributed by atoms with Gasteiger partial charge in [0.2, 0.25) is 0 Å². The molecule has 0 atom stereocenters. The molecule has 1 aromatic carbocycles. The van der Waals surface area contributed by atoms with Crippen LogP contribution in [0.2, 0.25) is 0 Å². The number of aryl methyl sites for hydroxylation is 1. The lowest BCUT2D eigenvalue weighted by Crippen LogP contribution is -1.99. The molecule has 2 heterocycles. The molecule has 2 aromatic heterocycles. The van der Waals surface area contributed by atoms with Gasteiger partial charge in [-0.1, -0.05) is 18.2 Å². The second kappa shape index (κ2) is 4.74. The molecule has 0 aliphatic rings. The number of benzene rings is 1. The van der Waals surface area contributed by atoms with Crippen molar-refractivity contribution >= 4 is 27.9 Å². The van der Waals surface area contributed by atoms with E-state index in [-0.39, 0.29) is 0 Å². The number of nitrogens with zero attached hydrogens (tertiary/aromatic N) is 2. The Balaban J connectivity index is 1.86. The van der Waals surface area contributed by atoms with Gasteiger partial charge >= 0.3 is 0 Å². The monoisotopic (exact) mass is 255 g/mol. The summed E-state index contributed by atoms with van der Waals surface area (Å²) < 4.78 is 0. The largest absolute Gasteiger partial charge is 0.378 e. The van der Waals surface area contributed by atoms with Gasteiger partial charge in [0.15, 0.2) is 0 Å². The number of hydrogen-bond acceptors (Lipinski definition) is 4. The number of aromatic nitrogens is 2. The van der Waals surface area contributed by atoms with Crippen LogP contribution in [-0.2, 0) is 6.54 Å². The van der Waals surface area contributed by atoms with Crippen molar-refractivity contribution < 1.29 is 0 Å². The zero-order chi connectivity index (χ0) is 12.4. The fourth-order valence-electron chi connectivity index (χ4n) is 1.91. The first kappa shape index (κ1) is 11.2. The van der Waals surface area contributed by atoms with Crippen LogP contribution in [0.15, 0.2) is 42.6 Å². The van der Waals surface area contributed by atoms with Crippen LogP contribution in [0.3, 0.4) is 0 Å². The van der Waals surface area contributed by atoms with Gasteiger partial charge in [-0.25, -0.2) is 0 Å². The first-order chi connectivity index (χ1) is 8.83. The number of anilines is 1. The first-order valence-electron chi connectivity index (χ1n) is 5.82. The van der Waals surface area contributed by atoms with E-state index >= 15 is 0 Å². The van der Waals surface area contributed by atoms with Crippen LogP contribution < -0.4 is 5.32 Å². The van der Waals surface area contributed by atoms with Gasteiger partial charge in [0.1, 0.15) is 0 Å². The molecule has 0 radical (unpaired) electrons. The molecule has 90 valence electrons. The Bertz CT molecular complexity index is 670. The lowest BCUT2D eigenvalue weighted by molar-refractivity contribution is 1.06. The molecule has 3 nitrogen and oxygen atoms in total. The molecule has 0 aliphatic carbocycles. The van der Waals surface area contributed by atoms with Gasteiger partial charge < -0.3 is 5.32 Å². The molecule has 0 aliphatic heterocycles. The van der Waals surface area contributed by atoms with E-state index in [2.05, 4.69) is 40.6 Å². The molecule has 4 heteroatoms.